The summed E-state index contributed by atoms with van der Waals surface area (Å²) in [5.74, 6) is 0. The van der Waals surface area contributed by atoms with Crippen LogP contribution in [0.25, 0.3) is 0 Å². The third-order valence-electron chi connectivity index (χ3n) is 2.38. The van der Waals surface area contributed by atoms with Gasteiger partial charge in [-0.25, -0.2) is 0 Å². The third kappa shape index (κ3) is 7.14. The van der Waals surface area contributed by atoms with Crippen LogP contribution < -0.4 is 5.32 Å². The lowest BCUT2D eigenvalue weighted by atomic mass is 9.81. The van der Waals surface area contributed by atoms with E-state index < -0.39 is 0 Å². The molecule has 0 amide bonds. The zero-order valence-corrected chi connectivity index (χ0v) is 10.6. The summed E-state index contributed by atoms with van der Waals surface area (Å²) in [5.41, 5.74) is 1.67. The summed E-state index contributed by atoms with van der Waals surface area (Å²) in [4.78, 5) is 0. The molecule has 0 fully saturated rings. The molecule has 0 heterocycles. The van der Waals surface area contributed by atoms with Gasteiger partial charge in [0.1, 0.15) is 0 Å². The average Bonchev–Trinajstić information content (AvgIpc) is 1.96. The standard InChI is InChI=1S/C13H27N/c1-7-8-14-12(4)10-13(5,6)9-11(2)3/h12,14H,2,7-10H2,1,3-6H3. The quantitative estimate of drug-likeness (QED) is 0.613. The number of rotatable bonds is 7. The maximum absolute atomic E-state index is 3.99. The van der Waals surface area contributed by atoms with Crippen molar-refractivity contribution in [3.8, 4) is 0 Å². The second-order valence-electron chi connectivity index (χ2n) is 5.36. The molecule has 0 radical (unpaired) electrons. The van der Waals surface area contributed by atoms with Gasteiger partial charge >= 0.3 is 0 Å². The van der Waals surface area contributed by atoms with E-state index in [2.05, 4.69) is 46.5 Å². The molecule has 0 saturated heterocycles. The Morgan fingerprint density at radius 1 is 1.43 bits per heavy atom. The summed E-state index contributed by atoms with van der Waals surface area (Å²) in [7, 11) is 0. The zero-order valence-electron chi connectivity index (χ0n) is 10.6. The molecule has 0 spiro atoms. The molecular formula is C13H27N. The highest BCUT2D eigenvalue weighted by Gasteiger charge is 2.20. The van der Waals surface area contributed by atoms with Crippen molar-refractivity contribution in [2.75, 3.05) is 6.54 Å². The van der Waals surface area contributed by atoms with Gasteiger partial charge < -0.3 is 5.32 Å². The van der Waals surface area contributed by atoms with E-state index in [0.29, 0.717) is 11.5 Å². The van der Waals surface area contributed by atoms with Gasteiger partial charge in [-0.15, -0.1) is 6.58 Å². The molecule has 0 aliphatic carbocycles. The first-order chi connectivity index (χ1) is 6.37. The van der Waals surface area contributed by atoms with Crippen LogP contribution >= 0.6 is 0 Å². The summed E-state index contributed by atoms with van der Waals surface area (Å²) >= 11 is 0. The van der Waals surface area contributed by atoms with Crippen LogP contribution in [0.5, 0.6) is 0 Å². The Labute approximate surface area is 90.0 Å². The maximum atomic E-state index is 3.99. The van der Waals surface area contributed by atoms with E-state index in [1.165, 1.54) is 18.4 Å². The highest BCUT2D eigenvalue weighted by atomic mass is 14.9. The lowest BCUT2D eigenvalue weighted by molar-refractivity contribution is 0.287. The predicted octanol–water partition coefficient (Wildman–Crippen LogP) is 3.76. The van der Waals surface area contributed by atoms with Crippen molar-refractivity contribution in [3.05, 3.63) is 12.2 Å². The van der Waals surface area contributed by atoms with Gasteiger partial charge in [0.15, 0.2) is 0 Å². The highest BCUT2D eigenvalue weighted by molar-refractivity contribution is 4.94. The fourth-order valence-electron chi connectivity index (χ4n) is 2.18. The average molecular weight is 197 g/mol. The van der Waals surface area contributed by atoms with Gasteiger partial charge in [-0.05, 0) is 45.1 Å². The summed E-state index contributed by atoms with van der Waals surface area (Å²) in [6, 6.07) is 0.615. The highest BCUT2D eigenvalue weighted by Crippen LogP contribution is 2.29. The fourth-order valence-corrected chi connectivity index (χ4v) is 2.18. The molecule has 0 aliphatic rings. The molecule has 1 atom stereocenters. The number of allylic oxidation sites excluding steroid dienone is 1. The molecule has 1 unspecified atom stereocenters. The Morgan fingerprint density at radius 3 is 2.43 bits per heavy atom. The van der Waals surface area contributed by atoms with Gasteiger partial charge in [-0.1, -0.05) is 26.3 Å². The minimum Gasteiger partial charge on any atom is -0.314 e. The summed E-state index contributed by atoms with van der Waals surface area (Å²) in [5, 5.41) is 3.53. The van der Waals surface area contributed by atoms with Crippen LogP contribution in [0.2, 0.25) is 0 Å². The molecule has 84 valence electrons. The molecule has 14 heavy (non-hydrogen) atoms. The van der Waals surface area contributed by atoms with Crippen molar-refractivity contribution in [1.29, 1.82) is 0 Å². The van der Waals surface area contributed by atoms with Crippen molar-refractivity contribution in [3.63, 3.8) is 0 Å². The first-order valence-corrected chi connectivity index (χ1v) is 5.75. The minimum absolute atomic E-state index is 0.381. The van der Waals surface area contributed by atoms with Crippen molar-refractivity contribution < 1.29 is 0 Å². The lowest BCUT2D eigenvalue weighted by Crippen LogP contribution is -2.31. The van der Waals surface area contributed by atoms with Gasteiger partial charge in [-0.2, -0.15) is 0 Å². The normalized spacial score (nSPS) is 14.1. The van der Waals surface area contributed by atoms with E-state index >= 15 is 0 Å². The summed E-state index contributed by atoms with van der Waals surface area (Å²) in [6.45, 7) is 16.4. The molecule has 1 N–H and O–H groups in total. The molecule has 0 saturated carbocycles. The summed E-state index contributed by atoms with van der Waals surface area (Å²) < 4.78 is 0. The van der Waals surface area contributed by atoms with Crippen LogP contribution in [0.3, 0.4) is 0 Å². The molecule has 0 aliphatic heterocycles. The Hall–Kier alpha value is -0.300. The van der Waals surface area contributed by atoms with E-state index in [1.807, 2.05) is 0 Å². The molecule has 1 heteroatoms. The topological polar surface area (TPSA) is 12.0 Å². The molecule has 0 aromatic carbocycles. The Balaban J connectivity index is 3.88. The minimum atomic E-state index is 0.381. The monoisotopic (exact) mass is 197 g/mol. The van der Waals surface area contributed by atoms with Crippen LogP contribution in [0.1, 0.15) is 53.9 Å². The smallest absolute Gasteiger partial charge is 0.00439 e. The first kappa shape index (κ1) is 13.7. The number of nitrogens with one attached hydrogen (secondary N) is 1. The van der Waals surface area contributed by atoms with E-state index in [-0.39, 0.29) is 0 Å². The zero-order chi connectivity index (χ0) is 11.2. The van der Waals surface area contributed by atoms with Gasteiger partial charge in [0.2, 0.25) is 0 Å². The number of hydrogen-bond donors (Lipinski definition) is 1. The van der Waals surface area contributed by atoms with Gasteiger partial charge in [0.05, 0.1) is 0 Å². The van der Waals surface area contributed by atoms with E-state index in [1.54, 1.807) is 0 Å². The fraction of sp³-hybridized carbons (Fsp3) is 0.846. The van der Waals surface area contributed by atoms with E-state index in [0.717, 1.165) is 13.0 Å². The Kier molecular flexibility index (Phi) is 6.10. The molecule has 1 nitrogen and oxygen atoms in total. The van der Waals surface area contributed by atoms with Crippen LogP contribution in [-0.4, -0.2) is 12.6 Å². The molecule has 0 aromatic rings. The van der Waals surface area contributed by atoms with Gasteiger partial charge in [0, 0.05) is 6.04 Å². The summed E-state index contributed by atoms with van der Waals surface area (Å²) in [6.07, 6.45) is 3.57. The van der Waals surface area contributed by atoms with Crippen molar-refractivity contribution in [1.82, 2.24) is 5.32 Å². The van der Waals surface area contributed by atoms with Gasteiger partial charge in [-0.3, -0.25) is 0 Å². The first-order valence-electron chi connectivity index (χ1n) is 5.75. The van der Waals surface area contributed by atoms with Crippen molar-refractivity contribution in [2.24, 2.45) is 5.41 Å². The van der Waals surface area contributed by atoms with Crippen LogP contribution in [0, 0.1) is 5.41 Å². The van der Waals surface area contributed by atoms with Crippen LogP contribution in [-0.2, 0) is 0 Å². The Morgan fingerprint density at radius 2 is 2.00 bits per heavy atom. The van der Waals surface area contributed by atoms with Crippen LogP contribution in [0.15, 0.2) is 12.2 Å². The third-order valence-corrected chi connectivity index (χ3v) is 2.38. The predicted molar refractivity (Wildman–Crippen MR) is 65.6 cm³/mol. The van der Waals surface area contributed by atoms with Crippen molar-refractivity contribution in [2.45, 2.75) is 59.9 Å². The van der Waals surface area contributed by atoms with Crippen LogP contribution in [0.4, 0.5) is 0 Å². The van der Waals surface area contributed by atoms with Crippen molar-refractivity contribution >= 4 is 0 Å². The SMILES string of the molecule is C=C(C)CC(C)(C)CC(C)NCCC. The second-order valence-corrected chi connectivity index (χ2v) is 5.36. The Bertz CT molecular complexity index is 170. The number of hydrogen-bond acceptors (Lipinski definition) is 1. The lowest BCUT2D eigenvalue weighted by Gasteiger charge is -2.28. The largest absolute Gasteiger partial charge is 0.314 e. The maximum Gasteiger partial charge on any atom is 0.00439 e. The molecular weight excluding hydrogens is 170 g/mol. The van der Waals surface area contributed by atoms with Gasteiger partial charge in [0.25, 0.3) is 0 Å². The molecule has 0 aromatic heterocycles. The molecule has 0 rings (SSSR count). The van der Waals surface area contributed by atoms with E-state index in [9.17, 15) is 0 Å². The molecule has 0 bridgehead atoms. The van der Waals surface area contributed by atoms with E-state index in [4.69, 9.17) is 0 Å². The second kappa shape index (κ2) is 6.23.